The molecule has 2 heterocycles. The van der Waals surface area contributed by atoms with Gasteiger partial charge in [-0.25, -0.2) is 9.98 Å². The number of thiazole rings is 1. The Morgan fingerprint density at radius 1 is 1.15 bits per heavy atom. The van der Waals surface area contributed by atoms with Gasteiger partial charge in [-0.3, -0.25) is 9.69 Å². The number of benzene rings is 2. The lowest BCUT2D eigenvalue weighted by Gasteiger charge is -2.23. The second-order valence-corrected chi connectivity index (χ2v) is 6.91. The molecule has 1 atom stereocenters. The van der Waals surface area contributed by atoms with Crippen LogP contribution in [0.25, 0.3) is 11.1 Å². The Balaban J connectivity index is 1.92. The number of phenols is 1. The molecule has 2 aromatic carbocycles. The monoisotopic (exact) mass is 364 g/mol. The highest BCUT2D eigenvalue weighted by atomic mass is 32.1. The Hall–Kier alpha value is -3.19. The summed E-state index contributed by atoms with van der Waals surface area (Å²) in [6.45, 7) is 0. The van der Waals surface area contributed by atoms with Gasteiger partial charge in [-0.15, -0.1) is 11.3 Å². The van der Waals surface area contributed by atoms with Gasteiger partial charge in [-0.2, -0.15) is 0 Å². The normalized spacial score (nSPS) is 19.7. The van der Waals surface area contributed by atoms with Gasteiger partial charge < -0.3 is 10.8 Å². The van der Waals surface area contributed by atoms with E-state index in [9.17, 15) is 9.90 Å². The van der Waals surface area contributed by atoms with E-state index in [1.807, 2.05) is 35.7 Å². The summed E-state index contributed by atoms with van der Waals surface area (Å²) >= 11 is 1.36. The maximum absolute atomic E-state index is 13.1. The molecule has 26 heavy (non-hydrogen) atoms. The van der Waals surface area contributed by atoms with Crippen LogP contribution in [0.1, 0.15) is 10.6 Å². The second kappa shape index (κ2) is 5.96. The first-order chi connectivity index (χ1) is 12.5. The molecular weight excluding hydrogens is 348 g/mol. The molecule has 6 nitrogen and oxygen atoms in total. The van der Waals surface area contributed by atoms with Gasteiger partial charge in [-0.1, -0.05) is 30.3 Å². The number of phenolic OH excluding ortho intramolecular Hbond substituents is 1. The lowest BCUT2D eigenvalue weighted by atomic mass is 9.88. The molecule has 130 valence electrons. The number of amides is 1. The molecule has 3 aromatic rings. The molecular formula is C19H16N4O2S. The molecule has 0 bridgehead atoms. The van der Waals surface area contributed by atoms with Gasteiger partial charge in [0.25, 0.3) is 5.91 Å². The van der Waals surface area contributed by atoms with Crippen molar-refractivity contribution in [3.8, 4) is 16.9 Å². The van der Waals surface area contributed by atoms with E-state index in [1.165, 1.54) is 16.2 Å². The Morgan fingerprint density at radius 3 is 2.50 bits per heavy atom. The number of carbonyl (C=O) groups is 1. The van der Waals surface area contributed by atoms with Crippen molar-refractivity contribution in [3.63, 3.8) is 0 Å². The third-order valence-corrected chi connectivity index (χ3v) is 5.32. The predicted octanol–water partition coefficient (Wildman–Crippen LogP) is 2.55. The maximum Gasteiger partial charge on any atom is 0.268 e. The van der Waals surface area contributed by atoms with E-state index in [0.717, 1.165) is 11.1 Å². The number of hydrogen-bond donors (Lipinski definition) is 2. The number of nitrogens with zero attached hydrogens (tertiary/aromatic N) is 3. The van der Waals surface area contributed by atoms with Crippen LogP contribution in [0.2, 0.25) is 0 Å². The van der Waals surface area contributed by atoms with Crippen molar-refractivity contribution < 1.29 is 9.90 Å². The molecule has 1 amide bonds. The first-order valence-electron chi connectivity index (χ1n) is 7.96. The minimum absolute atomic E-state index is 0.160. The zero-order valence-corrected chi connectivity index (χ0v) is 14.8. The van der Waals surface area contributed by atoms with E-state index in [2.05, 4.69) is 9.98 Å². The van der Waals surface area contributed by atoms with Gasteiger partial charge in [0.05, 0.1) is 0 Å². The highest BCUT2D eigenvalue weighted by Gasteiger charge is 2.51. The summed E-state index contributed by atoms with van der Waals surface area (Å²) in [4.78, 5) is 23.3. The number of aliphatic imine (C=N–C) groups is 1. The van der Waals surface area contributed by atoms with Crippen molar-refractivity contribution in [1.82, 2.24) is 9.88 Å². The summed E-state index contributed by atoms with van der Waals surface area (Å²) in [5.74, 6) is 0.104. The summed E-state index contributed by atoms with van der Waals surface area (Å²) < 4.78 is 0. The molecule has 0 radical (unpaired) electrons. The third-order valence-electron chi connectivity index (χ3n) is 4.44. The SMILES string of the molecule is CN1C(=O)C(c2cccc(-c3cccc(O)c3)c2)(c2nccs2)N=C1N. The van der Waals surface area contributed by atoms with Crippen LogP contribution in [-0.4, -0.2) is 33.9 Å². The number of likely N-dealkylation sites (N-methyl/N-ethyl adjacent to an activating group) is 1. The number of aromatic hydroxyl groups is 1. The van der Waals surface area contributed by atoms with E-state index in [0.29, 0.717) is 10.6 Å². The zero-order valence-electron chi connectivity index (χ0n) is 14.0. The lowest BCUT2D eigenvalue weighted by Crippen LogP contribution is -2.41. The van der Waals surface area contributed by atoms with Crippen molar-refractivity contribution in [2.24, 2.45) is 10.7 Å². The van der Waals surface area contributed by atoms with Gasteiger partial charge in [0.15, 0.2) is 5.96 Å². The van der Waals surface area contributed by atoms with Crippen molar-refractivity contribution >= 4 is 23.2 Å². The van der Waals surface area contributed by atoms with Crippen LogP contribution in [0.5, 0.6) is 5.75 Å². The maximum atomic E-state index is 13.1. The van der Waals surface area contributed by atoms with Crippen molar-refractivity contribution in [2.75, 3.05) is 7.05 Å². The van der Waals surface area contributed by atoms with E-state index in [1.54, 1.807) is 31.4 Å². The van der Waals surface area contributed by atoms with E-state index < -0.39 is 5.54 Å². The van der Waals surface area contributed by atoms with Crippen LogP contribution >= 0.6 is 11.3 Å². The van der Waals surface area contributed by atoms with Gasteiger partial charge in [0.2, 0.25) is 5.54 Å². The van der Waals surface area contributed by atoms with Crippen molar-refractivity contribution in [3.05, 3.63) is 70.7 Å². The van der Waals surface area contributed by atoms with Crippen LogP contribution < -0.4 is 5.73 Å². The minimum atomic E-state index is -1.28. The molecule has 0 aliphatic carbocycles. The number of rotatable bonds is 3. The molecule has 0 spiro atoms. The molecule has 7 heteroatoms. The average Bonchev–Trinajstić information content (AvgIpc) is 3.26. The van der Waals surface area contributed by atoms with E-state index in [-0.39, 0.29) is 17.6 Å². The summed E-state index contributed by atoms with van der Waals surface area (Å²) in [5.41, 5.74) is 7.07. The average molecular weight is 364 g/mol. The molecule has 1 aliphatic heterocycles. The molecule has 4 rings (SSSR count). The fraction of sp³-hybridized carbons (Fsp3) is 0.105. The topological polar surface area (TPSA) is 91.8 Å². The Labute approximate surface area is 154 Å². The van der Waals surface area contributed by atoms with Gasteiger partial charge in [0, 0.05) is 18.6 Å². The summed E-state index contributed by atoms with van der Waals surface area (Å²) in [6, 6.07) is 14.5. The number of carbonyl (C=O) groups excluding carboxylic acids is 1. The zero-order chi connectivity index (χ0) is 18.3. The number of nitrogens with two attached hydrogens (primary N) is 1. The Kier molecular flexibility index (Phi) is 3.73. The molecule has 1 unspecified atom stereocenters. The fourth-order valence-electron chi connectivity index (χ4n) is 3.10. The summed E-state index contributed by atoms with van der Waals surface area (Å²) in [5, 5.41) is 12.1. The second-order valence-electron chi connectivity index (χ2n) is 6.01. The van der Waals surface area contributed by atoms with Crippen LogP contribution in [0, 0.1) is 0 Å². The summed E-state index contributed by atoms with van der Waals surface area (Å²) in [7, 11) is 1.61. The fourth-order valence-corrected chi connectivity index (χ4v) is 3.90. The highest BCUT2D eigenvalue weighted by molar-refractivity contribution is 7.09. The smallest absolute Gasteiger partial charge is 0.268 e. The van der Waals surface area contributed by atoms with Crippen LogP contribution in [0.3, 0.4) is 0 Å². The molecule has 0 fully saturated rings. The van der Waals surface area contributed by atoms with Gasteiger partial charge in [-0.05, 0) is 34.9 Å². The standard InChI is InChI=1S/C19H16N4O2S/c1-23-17(25)19(22-18(23)20,16-21-8-9-26-16)14-6-2-4-12(10-14)13-5-3-7-15(24)11-13/h2-11,24H,1H3,(H2,20,22). The van der Waals surface area contributed by atoms with Crippen molar-refractivity contribution in [2.45, 2.75) is 5.54 Å². The van der Waals surface area contributed by atoms with E-state index in [4.69, 9.17) is 5.73 Å². The van der Waals surface area contributed by atoms with Gasteiger partial charge in [0.1, 0.15) is 10.8 Å². The Morgan fingerprint density at radius 2 is 1.88 bits per heavy atom. The molecule has 0 saturated heterocycles. The first-order valence-corrected chi connectivity index (χ1v) is 8.84. The number of guanidine groups is 1. The molecule has 3 N–H and O–H groups in total. The summed E-state index contributed by atoms with van der Waals surface area (Å²) in [6.07, 6.45) is 1.65. The third kappa shape index (κ3) is 2.36. The lowest BCUT2D eigenvalue weighted by molar-refractivity contribution is -0.129. The molecule has 1 aliphatic rings. The van der Waals surface area contributed by atoms with Crippen LogP contribution in [-0.2, 0) is 10.3 Å². The van der Waals surface area contributed by atoms with Crippen LogP contribution in [0.4, 0.5) is 0 Å². The Bertz CT molecular complexity index is 1020. The number of aromatic nitrogens is 1. The first kappa shape index (κ1) is 16.3. The highest BCUT2D eigenvalue weighted by Crippen LogP contribution is 2.41. The van der Waals surface area contributed by atoms with Crippen molar-refractivity contribution in [1.29, 1.82) is 0 Å². The molecule has 0 saturated carbocycles. The quantitative estimate of drug-likeness (QED) is 0.747. The van der Waals surface area contributed by atoms with Gasteiger partial charge >= 0.3 is 0 Å². The van der Waals surface area contributed by atoms with Crippen LogP contribution in [0.15, 0.2) is 65.1 Å². The number of hydrogen-bond acceptors (Lipinski definition) is 6. The minimum Gasteiger partial charge on any atom is -0.508 e. The van der Waals surface area contributed by atoms with E-state index >= 15 is 0 Å². The predicted molar refractivity (Wildman–Crippen MR) is 101 cm³/mol. The molecule has 1 aromatic heterocycles. The largest absolute Gasteiger partial charge is 0.508 e.